The van der Waals surface area contributed by atoms with Crippen LogP contribution in [-0.4, -0.2) is 26.5 Å². The Balaban J connectivity index is 1.44. The summed E-state index contributed by atoms with van der Waals surface area (Å²) < 4.78 is 29.9. The van der Waals surface area contributed by atoms with Crippen LogP contribution >= 0.6 is 0 Å². The molecule has 1 fully saturated rings. The van der Waals surface area contributed by atoms with E-state index < -0.39 is 0 Å². The molecule has 0 bridgehead atoms. The summed E-state index contributed by atoms with van der Waals surface area (Å²) in [5.41, 5.74) is 1.18. The molecule has 2 aliphatic heterocycles. The number of hydrogen-bond donors (Lipinski definition) is 1. The zero-order valence-electron chi connectivity index (χ0n) is 13.3. The van der Waals surface area contributed by atoms with Gasteiger partial charge in [-0.05, 0) is 48.7 Å². The maximum Gasteiger partial charge on any atom is 0.231 e. The summed E-state index contributed by atoms with van der Waals surface area (Å²) in [7, 11) is 0. The van der Waals surface area contributed by atoms with Crippen LogP contribution in [0.3, 0.4) is 0 Å². The molecule has 0 radical (unpaired) electrons. The third kappa shape index (κ3) is 3.17. The van der Waals surface area contributed by atoms with Gasteiger partial charge in [0, 0.05) is 18.5 Å². The van der Waals surface area contributed by atoms with Crippen LogP contribution in [0.5, 0.6) is 17.2 Å². The number of nitrogens with one attached hydrogen (secondary N) is 1. The van der Waals surface area contributed by atoms with Crippen molar-refractivity contribution in [1.29, 1.82) is 0 Å². The summed E-state index contributed by atoms with van der Waals surface area (Å²) in [4.78, 5) is 0. The Morgan fingerprint density at radius 3 is 2.79 bits per heavy atom. The maximum atomic E-state index is 13.2. The highest BCUT2D eigenvalue weighted by Crippen LogP contribution is 2.36. The van der Waals surface area contributed by atoms with Crippen LogP contribution < -0.4 is 19.5 Å². The van der Waals surface area contributed by atoms with Crippen molar-refractivity contribution in [2.24, 2.45) is 5.92 Å². The average molecular weight is 329 g/mol. The van der Waals surface area contributed by atoms with Gasteiger partial charge in [-0.3, -0.25) is 0 Å². The van der Waals surface area contributed by atoms with E-state index in [2.05, 4.69) is 5.32 Å². The number of piperidine rings is 1. The molecule has 2 aromatic rings. The summed E-state index contributed by atoms with van der Waals surface area (Å²) in [6.07, 6.45) is 1.03. The molecule has 2 aliphatic rings. The van der Waals surface area contributed by atoms with Crippen LogP contribution in [0.4, 0.5) is 4.39 Å². The van der Waals surface area contributed by atoms with E-state index in [0.29, 0.717) is 18.4 Å². The Hall–Kier alpha value is -2.27. The van der Waals surface area contributed by atoms with Gasteiger partial charge in [0.05, 0.1) is 6.61 Å². The van der Waals surface area contributed by atoms with Gasteiger partial charge in [0.1, 0.15) is 11.6 Å². The number of halogens is 1. The predicted molar refractivity (Wildman–Crippen MR) is 88.2 cm³/mol. The van der Waals surface area contributed by atoms with Crippen LogP contribution in [0.25, 0.3) is 0 Å². The van der Waals surface area contributed by atoms with Gasteiger partial charge in [-0.25, -0.2) is 4.39 Å². The van der Waals surface area contributed by atoms with Crippen molar-refractivity contribution in [3.8, 4) is 17.2 Å². The van der Waals surface area contributed by atoms with Crippen molar-refractivity contribution in [2.45, 2.75) is 12.3 Å². The first-order valence-electron chi connectivity index (χ1n) is 8.28. The maximum absolute atomic E-state index is 13.2. The molecular weight excluding hydrogens is 309 g/mol. The quantitative estimate of drug-likeness (QED) is 0.934. The molecule has 24 heavy (non-hydrogen) atoms. The second-order valence-electron chi connectivity index (χ2n) is 6.24. The van der Waals surface area contributed by atoms with E-state index in [1.807, 2.05) is 30.3 Å². The lowest BCUT2D eigenvalue weighted by Crippen LogP contribution is -2.38. The fourth-order valence-corrected chi connectivity index (χ4v) is 3.42. The first-order valence-corrected chi connectivity index (χ1v) is 8.28. The summed E-state index contributed by atoms with van der Waals surface area (Å²) >= 11 is 0. The van der Waals surface area contributed by atoms with Gasteiger partial charge < -0.3 is 19.5 Å². The SMILES string of the molecule is Fc1ccc([C@@H]2CCNC[C@@H]2COc2ccc3c(c2)OCO3)cc1. The minimum atomic E-state index is -0.194. The van der Waals surface area contributed by atoms with E-state index in [1.54, 1.807) is 0 Å². The van der Waals surface area contributed by atoms with Gasteiger partial charge in [0.25, 0.3) is 0 Å². The Morgan fingerprint density at radius 1 is 1.08 bits per heavy atom. The monoisotopic (exact) mass is 329 g/mol. The first-order chi connectivity index (χ1) is 11.8. The van der Waals surface area contributed by atoms with Crippen LogP contribution in [-0.2, 0) is 0 Å². The van der Waals surface area contributed by atoms with Crippen molar-refractivity contribution >= 4 is 0 Å². The molecule has 0 aromatic heterocycles. The van der Waals surface area contributed by atoms with Crippen molar-refractivity contribution in [3.63, 3.8) is 0 Å². The zero-order chi connectivity index (χ0) is 16.4. The van der Waals surface area contributed by atoms with Gasteiger partial charge >= 0.3 is 0 Å². The van der Waals surface area contributed by atoms with Gasteiger partial charge in [0.15, 0.2) is 11.5 Å². The average Bonchev–Trinajstić information content (AvgIpc) is 3.09. The van der Waals surface area contributed by atoms with E-state index in [9.17, 15) is 4.39 Å². The first kappa shape index (κ1) is 15.3. The smallest absolute Gasteiger partial charge is 0.231 e. The molecule has 0 unspecified atom stereocenters. The molecule has 2 aromatic carbocycles. The summed E-state index contributed by atoms with van der Waals surface area (Å²) in [6, 6.07) is 12.5. The fourth-order valence-electron chi connectivity index (χ4n) is 3.42. The predicted octanol–water partition coefficient (Wildman–Crippen LogP) is 3.33. The van der Waals surface area contributed by atoms with Crippen molar-refractivity contribution in [3.05, 3.63) is 53.8 Å². The second-order valence-corrected chi connectivity index (χ2v) is 6.24. The van der Waals surface area contributed by atoms with Crippen molar-refractivity contribution < 1.29 is 18.6 Å². The molecule has 2 atom stereocenters. The largest absolute Gasteiger partial charge is 0.493 e. The van der Waals surface area contributed by atoms with E-state index in [1.165, 1.54) is 17.7 Å². The molecular formula is C19H20FNO3. The van der Waals surface area contributed by atoms with E-state index in [0.717, 1.165) is 36.8 Å². The highest BCUT2D eigenvalue weighted by atomic mass is 19.1. The van der Waals surface area contributed by atoms with Gasteiger partial charge in [-0.2, -0.15) is 0 Å². The fraction of sp³-hybridized carbons (Fsp3) is 0.368. The summed E-state index contributed by atoms with van der Waals surface area (Å²) in [5.74, 6) is 2.79. The third-order valence-electron chi connectivity index (χ3n) is 4.71. The number of ether oxygens (including phenoxy) is 3. The lowest BCUT2D eigenvalue weighted by atomic mass is 9.81. The molecule has 0 amide bonds. The molecule has 4 rings (SSSR count). The third-order valence-corrected chi connectivity index (χ3v) is 4.71. The second kappa shape index (κ2) is 6.69. The Bertz CT molecular complexity index is 704. The van der Waals surface area contributed by atoms with E-state index >= 15 is 0 Å². The van der Waals surface area contributed by atoms with Gasteiger partial charge in [0.2, 0.25) is 6.79 Å². The topological polar surface area (TPSA) is 39.7 Å². The lowest BCUT2D eigenvalue weighted by molar-refractivity contribution is 0.173. The molecule has 2 heterocycles. The highest BCUT2D eigenvalue weighted by molar-refractivity contribution is 5.46. The standard InChI is InChI=1S/C19H20FNO3/c20-15-3-1-13(2-4-15)17-7-8-21-10-14(17)11-22-16-5-6-18-19(9-16)24-12-23-18/h1-6,9,14,17,21H,7-8,10-12H2/t14-,17+/m1/s1. The summed E-state index contributed by atoms with van der Waals surface area (Å²) in [6.45, 7) is 2.74. The van der Waals surface area contributed by atoms with Crippen LogP contribution in [0.1, 0.15) is 17.9 Å². The Kier molecular flexibility index (Phi) is 4.26. The van der Waals surface area contributed by atoms with E-state index in [-0.39, 0.29) is 12.6 Å². The normalized spacial score (nSPS) is 22.4. The van der Waals surface area contributed by atoms with Gasteiger partial charge in [-0.1, -0.05) is 12.1 Å². The molecule has 0 saturated carbocycles. The molecule has 0 aliphatic carbocycles. The van der Waals surface area contributed by atoms with Crippen molar-refractivity contribution in [1.82, 2.24) is 5.32 Å². The van der Waals surface area contributed by atoms with Gasteiger partial charge in [-0.15, -0.1) is 0 Å². The number of fused-ring (bicyclic) bond motifs is 1. The molecule has 4 nitrogen and oxygen atoms in total. The number of hydrogen-bond acceptors (Lipinski definition) is 4. The van der Waals surface area contributed by atoms with Crippen LogP contribution in [0.15, 0.2) is 42.5 Å². The van der Waals surface area contributed by atoms with E-state index in [4.69, 9.17) is 14.2 Å². The number of benzene rings is 2. The molecule has 5 heteroatoms. The minimum Gasteiger partial charge on any atom is -0.493 e. The molecule has 1 N–H and O–H groups in total. The lowest BCUT2D eigenvalue weighted by Gasteiger charge is -2.32. The number of rotatable bonds is 4. The molecule has 1 saturated heterocycles. The van der Waals surface area contributed by atoms with Crippen LogP contribution in [0, 0.1) is 11.7 Å². The Morgan fingerprint density at radius 2 is 1.92 bits per heavy atom. The molecule has 0 spiro atoms. The Labute approximate surface area is 140 Å². The minimum absolute atomic E-state index is 0.194. The van der Waals surface area contributed by atoms with Crippen molar-refractivity contribution in [2.75, 3.05) is 26.5 Å². The molecule has 126 valence electrons. The summed E-state index contributed by atoms with van der Waals surface area (Å²) in [5, 5.41) is 3.43. The highest BCUT2D eigenvalue weighted by Gasteiger charge is 2.27. The van der Waals surface area contributed by atoms with Crippen LogP contribution in [0.2, 0.25) is 0 Å². The zero-order valence-corrected chi connectivity index (χ0v) is 13.3.